The number of thiazole rings is 1. The Morgan fingerprint density at radius 2 is 2.58 bits per heavy atom. The van der Waals surface area contributed by atoms with E-state index in [9.17, 15) is 0 Å². The van der Waals surface area contributed by atoms with Gasteiger partial charge in [0, 0.05) is 24.0 Å². The van der Waals surface area contributed by atoms with Crippen molar-refractivity contribution in [3.63, 3.8) is 0 Å². The Hall–Kier alpha value is -1.08. The number of anilines is 1. The number of nitrogens with zero attached hydrogens (tertiary/aromatic N) is 2. The number of nitrogens with one attached hydrogen (secondary N) is 1. The molecule has 0 radical (unpaired) electrons. The zero-order chi connectivity index (χ0) is 8.81. The molecule has 0 amide bonds. The fraction of sp³-hybridized carbons (Fsp3) is 0.500. The Labute approximate surface area is 76.1 Å². The first-order chi connectivity index (χ1) is 5.83. The Balaban J connectivity index is 2.21. The highest BCUT2D eigenvalue weighted by atomic mass is 32.1. The Bertz CT molecular complexity index is 274. The number of nitriles is 1. The number of rotatable bonds is 4. The van der Waals surface area contributed by atoms with Crippen LogP contribution in [0, 0.1) is 18.3 Å². The van der Waals surface area contributed by atoms with Crippen LogP contribution in [0.3, 0.4) is 0 Å². The molecule has 0 aliphatic heterocycles. The first-order valence-corrected chi connectivity index (χ1v) is 4.68. The van der Waals surface area contributed by atoms with Crippen LogP contribution in [-0.2, 0) is 0 Å². The molecule has 64 valence electrons. The molecule has 3 nitrogen and oxygen atoms in total. The van der Waals surface area contributed by atoms with E-state index >= 15 is 0 Å². The predicted molar refractivity (Wildman–Crippen MR) is 50.2 cm³/mol. The molecule has 0 bridgehead atoms. The molecular formula is C8H11N3S. The Kier molecular flexibility index (Phi) is 3.55. The van der Waals surface area contributed by atoms with E-state index in [4.69, 9.17) is 5.26 Å². The minimum absolute atomic E-state index is 0.608. The highest BCUT2D eigenvalue weighted by Gasteiger charge is 1.95. The second kappa shape index (κ2) is 4.73. The standard InChI is InChI=1S/C8H11N3S/c1-7-6-11-8(12-7)10-5-3-2-4-9/h6H,2-3,5H2,1H3,(H,10,11). The topological polar surface area (TPSA) is 48.7 Å². The molecule has 0 unspecified atom stereocenters. The molecule has 1 rings (SSSR count). The van der Waals surface area contributed by atoms with Crippen molar-refractivity contribution in [1.82, 2.24) is 4.98 Å². The van der Waals surface area contributed by atoms with Crippen LogP contribution in [0.15, 0.2) is 6.20 Å². The van der Waals surface area contributed by atoms with Crippen molar-refractivity contribution >= 4 is 16.5 Å². The molecule has 1 aromatic rings. The van der Waals surface area contributed by atoms with Gasteiger partial charge in [0.05, 0.1) is 6.07 Å². The van der Waals surface area contributed by atoms with E-state index in [1.165, 1.54) is 4.88 Å². The van der Waals surface area contributed by atoms with Crippen molar-refractivity contribution in [3.05, 3.63) is 11.1 Å². The van der Waals surface area contributed by atoms with Gasteiger partial charge < -0.3 is 5.32 Å². The summed E-state index contributed by atoms with van der Waals surface area (Å²) in [6, 6.07) is 2.10. The van der Waals surface area contributed by atoms with Crippen LogP contribution in [-0.4, -0.2) is 11.5 Å². The molecule has 1 N–H and O–H groups in total. The number of unbranched alkanes of at least 4 members (excludes halogenated alkanes) is 1. The second-order valence-electron chi connectivity index (χ2n) is 2.46. The lowest BCUT2D eigenvalue weighted by Crippen LogP contribution is -1.99. The Morgan fingerprint density at radius 1 is 1.75 bits per heavy atom. The van der Waals surface area contributed by atoms with Gasteiger partial charge in [-0.05, 0) is 13.3 Å². The third kappa shape index (κ3) is 2.89. The SMILES string of the molecule is Cc1cnc(NCCCC#N)s1. The van der Waals surface area contributed by atoms with Gasteiger partial charge in [0.1, 0.15) is 0 Å². The van der Waals surface area contributed by atoms with Crippen LogP contribution in [0.25, 0.3) is 0 Å². The largest absolute Gasteiger partial charge is 0.361 e. The summed E-state index contributed by atoms with van der Waals surface area (Å²) in [7, 11) is 0. The Morgan fingerprint density at radius 3 is 3.17 bits per heavy atom. The van der Waals surface area contributed by atoms with Gasteiger partial charge in [-0.3, -0.25) is 0 Å². The van der Waals surface area contributed by atoms with Gasteiger partial charge in [-0.15, -0.1) is 11.3 Å². The van der Waals surface area contributed by atoms with E-state index in [0.717, 1.165) is 18.1 Å². The molecular weight excluding hydrogens is 170 g/mol. The van der Waals surface area contributed by atoms with Crippen molar-refractivity contribution in [2.75, 3.05) is 11.9 Å². The van der Waals surface area contributed by atoms with Crippen molar-refractivity contribution < 1.29 is 0 Å². The van der Waals surface area contributed by atoms with Gasteiger partial charge in [0.2, 0.25) is 0 Å². The second-order valence-corrected chi connectivity index (χ2v) is 3.70. The van der Waals surface area contributed by atoms with Crippen LogP contribution in [0.5, 0.6) is 0 Å². The monoisotopic (exact) mass is 181 g/mol. The molecule has 1 aromatic heterocycles. The lowest BCUT2D eigenvalue weighted by Gasteiger charge is -1.97. The summed E-state index contributed by atoms with van der Waals surface area (Å²) in [5, 5.41) is 12.4. The molecule has 0 fully saturated rings. The van der Waals surface area contributed by atoms with E-state index in [0.29, 0.717) is 6.42 Å². The number of hydrogen-bond acceptors (Lipinski definition) is 4. The van der Waals surface area contributed by atoms with Crippen LogP contribution < -0.4 is 5.32 Å². The fourth-order valence-electron chi connectivity index (χ4n) is 0.799. The quantitative estimate of drug-likeness (QED) is 0.724. The molecule has 0 spiro atoms. The van der Waals surface area contributed by atoms with E-state index in [1.54, 1.807) is 11.3 Å². The minimum atomic E-state index is 0.608. The highest BCUT2D eigenvalue weighted by molar-refractivity contribution is 7.15. The van der Waals surface area contributed by atoms with E-state index in [1.807, 2.05) is 13.1 Å². The smallest absolute Gasteiger partial charge is 0.182 e. The summed E-state index contributed by atoms with van der Waals surface area (Å²) in [4.78, 5) is 5.34. The van der Waals surface area contributed by atoms with Crippen molar-refractivity contribution in [2.24, 2.45) is 0 Å². The summed E-state index contributed by atoms with van der Waals surface area (Å²) in [5.41, 5.74) is 0. The van der Waals surface area contributed by atoms with Gasteiger partial charge in [-0.25, -0.2) is 4.98 Å². The predicted octanol–water partition coefficient (Wildman–Crippen LogP) is 2.17. The first kappa shape index (κ1) is 9.01. The van der Waals surface area contributed by atoms with Crippen molar-refractivity contribution in [2.45, 2.75) is 19.8 Å². The third-order valence-electron chi connectivity index (χ3n) is 1.36. The van der Waals surface area contributed by atoms with Gasteiger partial charge >= 0.3 is 0 Å². The van der Waals surface area contributed by atoms with E-state index in [2.05, 4.69) is 16.4 Å². The summed E-state index contributed by atoms with van der Waals surface area (Å²) in [6.07, 6.45) is 3.34. The van der Waals surface area contributed by atoms with Crippen molar-refractivity contribution in [1.29, 1.82) is 5.26 Å². The van der Waals surface area contributed by atoms with Crippen LogP contribution in [0.1, 0.15) is 17.7 Å². The fourth-order valence-corrected chi connectivity index (χ4v) is 1.49. The maximum atomic E-state index is 8.28. The normalized spacial score (nSPS) is 9.33. The summed E-state index contributed by atoms with van der Waals surface area (Å²) >= 11 is 1.64. The minimum Gasteiger partial charge on any atom is -0.361 e. The van der Waals surface area contributed by atoms with Gasteiger partial charge in [0.25, 0.3) is 0 Å². The van der Waals surface area contributed by atoms with Gasteiger partial charge in [0.15, 0.2) is 5.13 Å². The third-order valence-corrected chi connectivity index (χ3v) is 2.23. The number of aromatic nitrogens is 1. The summed E-state index contributed by atoms with van der Waals surface area (Å²) in [5.74, 6) is 0. The first-order valence-electron chi connectivity index (χ1n) is 3.86. The van der Waals surface area contributed by atoms with Crippen molar-refractivity contribution in [3.8, 4) is 6.07 Å². The maximum Gasteiger partial charge on any atom is 0.182 e. The molecule has 0 aromatic carbocycles. The summed E-state index contributed by atoms with van der Waals surface area (Å²) in [6.45, 7) is 2.86. The molecule has 0 aliphatic carbocycles. The lowest BCUT2D eigenvalue weighted by molar-refractivity contribution is 0.896. The lowest BCUT2D eigenvalue weighted by atomic mass is 10.3. The molecule has 12 heavy (non-hydrogen) atoms. The molecule has 4 heteroatoms. The molecule has 0 atom stereocenters. The average molecular weight is 181 g/mol. The van der Waals surface area contributed by atoms with E-state index < -0.39 is 0 Å². The number of hydrogen-bond donors (Lipinski definition) is 1. The van der Waals surface area contributed by atoms with E-state index in [-0.39, 0.29) is 0 Å². The van der Waals surface area contributed by atoms with Gasteiger partial charge in [-0.2, -0.15) is 5.26 Å². The van der Waals surface area contributed by atoms with Gasteiger partial charge in [-0.1, -0.05) is 0 Å². The molecule has 1 heterocycles. The summed E-state index contributed by atoms with van der Waals surface area (Å²) < 4.78 is 0. The molecule has 0 saturated carbocycles. The zero-order valence-electron chi connectivity index (χ0n) is 7.00. The van der Waals surface area contributed by atoms with Crippen LogP contribution in [0.4, 0.5) is 5.13 Å². The molecule has 0 aliphatic rings. The highest BCUT2D eigenvalue weighted by Crippen LogP contribution is 2.16. The van der Waals surface area contributed by atoms with Crippen LogP contribution in [0.2, 0.25) is 0 Å². The van der Waals surface area contributed by atoms with Crippen LogP contribution >= 0.6 is 11.3 Å². The average Bonchev–Trinajstić information content (AvgIpc) is 2.45. The zero-order valence-corrected chi connectivity index (χ0v) is 7.82. The molecule has 0 saturated heterocycles. The maximum absolute atomic E-state index is 8.28. The number of aryl methyl sites for hydroxylation is 1.